The summed E-state index contributed by atoms with van der Waals surface area (Å²) in [5.41, 5.74) is -1.33. The van der Waals surface area contributed by atoms with Gasteiger partial charge in [0.2, 0.25) is 0 Å². The highest BCUT2D eigenvalue weighted by atomic mass is 16.4. The molecule has 0 aromatic carbocycles. The van der Waals surface area contributed by atoms with E-state index in [2.05, 4.69) is 0 Å². The normalized spacial score (nSPS) is 15.7. The van der Waals surface area contributed by atoms with Gasteiger partial charge in [0.05, 0.1) is 11.8 Å². The van der Waals surface area contributed by atoms with Gasteiger partial charge in [-0.25, -0.2) is 0 Å². The highest BCUT2D eigenvalue weighted by Crippen LogP contribution is 2.39. The lowest BCUT2D eigenvalue weighted by molar-refractivity contribution is -0.151. The van der Waals surface area contributed by atoms with Crippen LogP contribution in [-0.4, -0.2) is 22.2 Å². The zero-order chi connectivity index (χ0) is 12.3. The minimum absolute atomic E-state index is 0.0141. The van der Waals surface area contributed by atoms with Crippen LogP contribution < -0.4 is 0 Å². The summed E-state index contributed by atoms with van der Waals surface area (Å²) in [4.78, 5) is 21.6. The zero-order valence-electron chi connectivity index (χ0n) is 9.83. The van der Waals surface area contributed by atoms with Crippen LogP contribution in [0.4, 0.5) is 0 Å². The number of carboxylic acid groups (broad SMARTS) is 2. The van der Waals surface area contributed by atoms with E-state index < -0.39 is 22.8 Å². The first-order valence-electron chi connectivity index (χ1n) is 5.08. The van der Waals surface area contributed by atoms with Crippen LogP contribution in [0.25, 0.3) is 0 Å². The summed E-state index contributed by atoms with van der Waals surface area (Å²) in [6.07, 6.45) is 1.05. The van der Waals surface area contributed by atoms with E-state index in [4.69, 9.17) is 10.2 Å². The summed E-state index contributed by atoms with van der Waals surface area (Å²) >= 11 is 0. The molecule has 0 aromatic rings. The first-order valence-corrected chi connectivity index (χ1v) is 5.08. The Hall–Kier alpha value is -1.06. The van der Waals surface area contributed by atoms with Gasteiger partial charge in [0.1, 0.15) is 0 Å². The molecule has 0 heterocycles. The number of carboxylic acids is 2. The van der Waals surface area contributed by atoms with Crippen molar-refractivity contribution in [3.63, 3.8) is 0 Å². The van der Waals surface area contributed by atoms with Gasteiger partial charge in [0, 0.05) is 0 Å². The molecule has 0 saturated carbocycles. The number of hydrogen-bond acceptors (Lipinski definition) is 2. The molecule has 4 nitrogen and oxygen atoms in total. The number of aliphatic carboxylic acids is 2. The van der Waals surface area contributed by atoms with Gasteiger partial charge < -0.3 is 10.2 Å². The summed E-state index contributed by atoms with van der Waals surface area (Å²) in [5, 5.41) is 17.8. The third kappa shape index (κ3) is 4.32. The Morgan fingerprint density at radius 2 is 1.60 bits per heavy atom. The zero-order valence-corrected chi connectivity index (χ0v) is 9.83. The van der Waals surface area contributed by atoms with Crippen LogP contribution in [-0.2, 0) is 9.59 Å². The fraction of sp³-hybridized carbons (Fsp3) is 0.818. The second kappa shape index (κ2) is 4.64. The summed E-state index contributed by atoms with van der Waals surface area (Å²) in [6, 6.07) is 0. The van der Waals surface area contributed by atoms with Crippen LogP contribution in [0.5, 0.6) is 0 Å². The summed E-state index contributed by atoms with van der Waals surface area (Å²) < 4.78 is 0. The topological polar surface area (TPSA) is 74.6 Å². The lowest BCUT2D eigenvalue weighted by atomic mass is 9.71. The molecule has 88 valence electrons. The average Bonchev–Trinajstić information content (AvgIpc) is 2.01. The maximum absolute atomic E-state index is 11.0. The Kier molecular flexibility index (Phi) is 4.31. The van der Waals surface area contributed by atoms with E-state index in [9.17, 15) is 9.59 Å². The number of carbonyl (C=O) groups is 2. The van der Waals surface area contributed by atoms with Crippen molar-refractivity contribution >= 4 is 11.9 Å². The van der Waals surface area contributed by atoms with Gasteiger partial charge in [-0.3, -0.25) is 9.59 Å². The van der Waals surface area contributed by atoms with E-state index >= 15 is 0 Å². The van der Waals surface area contributed by atoms with Gasteiger partial charge in [-0.05, 0) is 25.7 Å². The van der Waals surface area contributed by atoms with Crippen molar-refractivity contribution in [2.75, 3.05) is 0 Å². The van der Waals surface area contributed by atoms with Gasteiger partial charge >= 0.3 is 11.9 Å². The quantitative estimate of drug-likeness (QED) is 0.714. The van der Waals surface area contributed by atoms with Crippen LogP contribution in [0.15, 0.2) is 0 Å². The molecule has 2 N–H and O–H groups in total. The largest absolute Gasteiger partial charge is 0.481 e. The molecule has 15 heavy (non-hydrogen) atoms. The Morgan fingerprint density at radius 1 is 1.13 bits per heavy atom. The van der Waals surface area contributed by atoms with E-state index in [-0.39, 0.29) is 6.42 Å². The van der Waals surface area contributed by atoms with Crippen molar-refractivity contribution in [2.45, 2.75) is 47.0 Å². The smallest absolute Gasteiger partial charge is 0.309 e. The van der Waals surface area contributed by atoms with Crippen molar-refractivity contribution in [3.05, 3.63) is 0 Å². The fourth-order valence-corrected chi connectivity index (χ4v) is 1.82. The van der Waals surface area contributed by atoms with Crippen molar-refractivity contribution in [1.82, 2.24) is 0 Å². The minimum atomic E-state index is -0.882. The average molecular weight is 216 g/mol. The summed E-state index contributed by atoms with van der Waals surface area (Å²) in [7, 11) is 0. The SMILES string of the molecule is CCC(C)(CC(=O)O)CC(C)(C)C(=O)O. The van der Waals surface area contributed by atoms with Gasteiger partial charge in [-0.15, -0.1) is 0 Å². The Bertz CT molecular complexity index is 257. The van der Waals surface area contributed by atoms with E-state index in [0.717, 1.165) is 0 Å². The maximum Gasteiger partial charge on any atom is 0.309 e. The molecule has 0 aliphatic rings. The van der Waals surface area contributed by atoms with Crippen molar-refractivity contribution in [3.8, 4) is 0 Å². The second-order valence-corrected chi connectivity index (χ2v) is 5.10. The van der Waals surface area contributed by atoms with Crippen LogP contribution in [0, 0.1) is 10.8 Å². The van der Waals surface area contributed by atoms with Gasteiger partial charge in [-0.1, -0.05) is 20.3 Å². The van der Waals surface area contributed by atoms with Gasteiger partial charge in [-0.2, -0.15) is 0 Å². The second-order valence-electron chi connectivity index (χ2n) is 5.10. The Morgan fingerprint density at radius 3 is 1.87 bits per heavy atom. The first-order chi connectivity index (χ1) is 6.63. The first kappa shape index (κ1) is 13.9. The Labute approximate surface area is 90.3 Å². The molecular formula is C11H20O4. The molecule has 0 aromatic heterocycles. The van der Waals surface area contributed by atoms with Gasteiger partial charge in [0.15, 0.2) is 0 Å². The summed E-state index contributed by atoms with van der Waals surface area (Å²) in [5.74, 6) is -1.76. The molecule has 0 rings (SSSR count). The third-order valence-corrected chi connectivity index (χ3v) is 2.88. The van der Waals surface area contributed by atoms with Crippen molar-refractivity contribution in [2.24, 2.45) is 10.8 Å². The van der Waals surface area contributed by atoms with Crippen LogP contribution in [0.2, 0.25) is 0 Å². The molecule has 0 fully saturated rings. The molecule has 0 aliphatic carbocycles. The van der Waals surface area contributed by atoms with Crippen LogP contribution in [0.1, 0.15) is 47.0 Å². The molecule has 1 unspecified atom stereocenters. The molecule has 1 atom stereocenters. The maximum atomic E-state index is 11.0. The lowest BCUT2D eigenvalue weighted by Gasteiger charge is -2.33. The van der Waals surface area contributed by atoms with E-state index in [0.29, 0.717) is 12.8 Å². The monoisotopic (exact) mass is 216 g/mol. The highest BCUT2D eigenvalue weighted by Gasteiger charge is 2.37. The minimum Gasteiger partial charge on any atom is -0.481 e. The number of hydrogen-bond donors (Lipinski definition) is 2. The van der Waals surface area contributed by atoms with E-state index in [1.807, 2.05) is 13.8 Å². The van der Waals surface area contributed by atoms with Crippen molar-refractivity contribution < 1.29 is 19.8 Å². The molecule has 0 bridgehead atoms. The molecule has 0 radical (unpaired) electrons. The Balaban J connectivity index is 4.70. The molecule has 0 aliphatic heterocycles. The number of rotatable bonds is 6. The summed E-state index contributed by atoms with van der Waals surface area (Å²) in [6.45, 7) is 6.98. The lowest BCUT2D eigenvalue weighted by Crippen LogP contribution is -2.33. The standard InChI is InChI=1S/C11H20O4/c1-5-11(4,6-8(12)13)7-10(2,3)9(14)15/h5-7H2,1-4H3,(H,12,13)(H,14,15). The molecular weight excluding hydrogens is 196 g/mol. The molecule has 0 amide bonds. The third-order valence-electron chi connectivity index (χ3n) is 2.88. The van der Waals surface area contributed by atoms with Crippen LogP contribution >= 0.6 is 0 Å². The predicted octanol–water partition coefficient (Wildman–Crippen LogP) is 2.38. The molecule has 0 saturated heterocycles. The highest BCUT2D eigenvalue weighted by molar-refractivity contribution is 5.74. The fourth-order valence-electron chi connectivity index (χ4n) is 1.82. The van der Waals surface area contributed by atoms with E-state index in [1.165, 1.54) is 0 Å². The molecule has 0 spiro atoms. The van der Waals surface area contributed by atoms with Gasteiger partial charge in [0.25, 0.3) is 0 Å². The predicted molar refractivity (Wildman–Crippen MR) is 56.7 cm³/mol. The van der Waals surface area contributed by atoms with Crippen LogP contribution in [0.3, 0.4) is 0 Å². The van der Waals surface area contributed by atoms with Crippen molar-refractivity contribution in [1.29, 1.82) is 0 Å². The van der Waals surface area contributed by atoms with E-state index in [1.54, 1.807) is 13.8 Å². The molecule has 4 heteroatoms.